The van der Waals surface area contributed by atoms with Crippen molar-refractivity contribution in [3.8, 4) is 0 Å². The van der Waals surface area contributed by atoms with Crippen LogP contribution in [0.4, 0.5) is 5.69 Å². The molecule has 3 aromatic rings. The lowest BCUT2D eigenvalue weighted by Crippen LogP contribution is -2.55. The Morgan fingerprint density at radius 3 is 2.17 bits per heavy atom. The molecule has 9 heteroatoms. The number of halogens is 1. The van der Waals surface area contributed by atoms with Gasteiger partial charge < -0.3 is 10.2 Å². The quantitative estimate of drug-likeness (QED) is 0.317. The Hall–Kier alpha value is -3.36. The van der Waals surface area contributed by atoms with E-state index in [1.165, 1.54) is 4.90 Å². The molecule has 1 atom stereocenters. The van der Waals surface area contributed by atoms with Crippen LogP contribution >= 0.6 is 11.6 Å². The predicted octanol–water partition coefficient (Wildman–Crippen LogP) is 5.50. The summed E-state index contributed by atoms with van der Waals surface area (Å²) in [6.45, 7) is 1.64. The fourth-order valence-corrected chi connectivity index (χ4v) is 6.39. The van der Waals surface area contributed by atoms with Gasteiger partial charge in [0.15, 0.2) is 0 Å². The minimum Gasteiger partial charge on any atom is -0.352 e. The number of amides is 2. The van der Waals surface area contributed by atoms with Crippen LogP contribution in [-0.2, 0) is 32.6 Å². The van der Waals surface area contributed by atoms with E-state index in [4.69, 9.17) is 11.6 Å². The summed E-state index contributed by atoms with van der Waals surface area (Å²) in [5.41, 5.74) is 3.04. The highest BCUT2D eigenvalue weighted by Gasteiger charge is 2.34. The number of nitrogens with one attached hydrogen (secondary N) is 1. The average molecular weight is 596 g/mol. The van der Waals surface area contributed by atoms with Gasteiger partial charge in [-0.2, -0.15) is 0 Å². The summed E-state index contributed by atoms with van der Waals surface area (Å²) in [6.07, 6.45) is 6.42. The first-order valence-corrected chi connectivity index (χ1v) is 16.3. The minimum absolute atomic E-state index is 0.0569. The van der Waals surface area contributed by atoms with Crippen molar-refractivity contribution in [2.75, 3.05) is 17.1 Å². The second-order valence-corrected chi connectivity index (χ2v) is 13.1. The van der Waals surface area contributed by atoms with Crippen LogP contribution in [0.15, 0.2) is 78.9 Å². The van der Waals surface area contributed by atoms with E-state index in [1.807, 2.05) is 61.5 Å². The van der Waals surface area contributed by atoms with Gasteiger partial charge in [-0.3, -0.25) is 13.9 Å². The molecule has 3 aromatic carbocycles. The molecular formula is C32H38ClN3O4S. The Morgan fingerprint density at radius 2 is 1.54 bits per heavy atom. The number of benzene rings is 3. The van der Waals surface area contributed by atoms with Crippen molar-refractivity contribution in [1.29, 1.82) is 0 Å². The molecule has 0 saturated heterocycles. The maximum absolute atomic E-state index is 14.2. The first-order valence-electron chi connectivity index (χ1n) is 14.0. The number of rotatable bonds is 11. The van der Waals surface area contributed by atoms with Crippen LogP contribution in [0, 0.1) is 6.92 Å². The SMILES string of the molecule is Cc1ccc(CN(C(=O)CN(c2ccccc2Cl)S(C)(=O)=O)[C@H](Cc2ccccc2)C(=O)NC2CCCCC2)cc1. The zero-order valence-corrected chi connectivity index (χ0v) is 25.2. The summed E-state index contributed by atoms with van der Waals surface area (Å²) in [6, 6.07) is 23.1. The highest BCUT2D eigenvalue weighted by atomic mass is 35.5. The van der Waals surface area contributed by atoms with Crippen molar-refractivity contribution in [3.63, 3.8) is 0 Å². The molecule has 1 aliphatic carbocycles. The van der Waals surface area contributed by atoms with Gasteiger partial charge in [-0.15, -0.1) is 0 Å². The van der Waals surface area contributed by atoms with E-state index in [0.717, 1.165) is 59.4 Å². The molecule has 1 fully saturated rings. The van der Waals surface area contributed by atoms with Crippen LogP contribution in [0.3, 0.4) is 0 Å². The van der Waals surface area contributed by atoms with E-state index in [0.29, 0.717) is 6.42 Å². The van der Waals surface area contributed by atoms with Crippen LogP contribution in [-0.4, -0.2) is 50.0 Å². The maximum atomic E-state index is 14.2. The van der Waals surface area contributed by atoms with Crippen LogP contribution < -0.4 is 9.62 Å². The maximum Gasteiger partial charge on any atom is 0.244 e. The van der Waals surface area contributed by atoms with Gasteiger partial charge in [0.2, 0.25) is 21.8 Å². The molecule has 218 valence electrons. The lowest BCUT2D eigenvalue weighted by Gasteiger charge is -2.35. The summed E-state index contributed by atoms with van der Waals surface area (Å²) in [7, 11) is -3.87. The first kappa shape index (κ1) is 30.6. The number of hydrogen-bond acceptors (Lipinski definition) is 4. The molecule has 1 N–H and O–H groups in total. The Balaban J connectivity index is 1.72. The summed E-state index contributed by atoms with van der Waals surface area (Å²) in [5.74, 6) is -0.722. The molecule has 0 spiro atoms. The molecule has 0 aromatic heterocycles. The number of carbonyl (C=O) groups excluding carboxylic acids is 2. The van der Waals surface area contributed by atoms with Crippen molar-refractivity contribution in [3.05, 3.63) is 101 Å². The number of anilines is 1. The summed E-state index contributed by atoms with van der Waals surface area (Å²) in [5, 5.41) is 3.42. The molecule has 0 bridgehead atoms. The third kappa shape index (κ3) is 8.57. The van der Waals surface area contributed by atoms with Gasteiger partial charge in [0.25, 0.3) is 0 Å². The fraction of sp³-hybridized carbons (Fsp3) is 0.375. The summed E-state index contributed by atoms with van der Waals surface area (Å²) < 4.78 is 26.8. The van der Waals surface area contributed by atoms with Gasteiger partial charge in [-0.1, -0.05) is 103 Å². The van der Waals surface area contributed by atoms with Crippen molar-refractivity contribution in [2.45, 2.75) is 64.1 Å². The molecule has 7 nitrogen and oxygen atoms in total. The van der Waals surface area contributed by atoms with Gasteiger partial charge >= 0.3 is 0 Å². The highest BCUT2D eigenvalue weighted by Crippen LogP contribution is 2.28. The molecule has 0 radical (unpaired) electrons. The second kappa shape index (κ2) is 14.0. The van der Waals surface area contributed by atoms with Gasteiger partial charge in [-0.25, -0.2) is 8.42 Å². The number of sulfonamides is 1. The van der Waals surface area contributed by atoms with Gasteiger partial charge in [0.1, 0.15) is 12.6 Å². The van der Waals surface area contributed by atoms with Crippen molar-refractivity contribution >= 4 is 39.1 Å². The Kier molecular flexibility index (Phi) is 10.5. The minimum atomic E-state index is -3.87. The molecule has 4 rings (SSSR count). The van der Waals surface area contributed by atoms with Crippen molar-refractivity contribution < 1.29 is 18.0 Å². The summed E-state index contributed by atoms with van der Waals surface area (Å²) in [4.78, 5) is 29.7. The Labute approximate surface area is 248 Å². The van der Waals surface area contributed by atoms with E-state index in [2.05, 4.69) is 5.32 Å². The summed E-state index contributed by atoms with van der Waals surface area (Å²) >= 11 is 6.37. The third-order valence-corrected chi connectivity index (χ3v) is 8.94. The van der Waals surface area contributed by atoms with E-state index >= 15 is 0 Å². The van der Waals surface area contributed by atoms with Gasteiger partial charge in [-0.05, 0) is 43.0 Å². The molecule has 2 amide bonds. The normalized spacial score (nSPS) is 14.7. The van der Waals surface area contributed by atoms with E-state index < -0.39 is 28.5 Å². The van der Waals surface area contributed by atoms with Crippen molar-refractivity contribution in [1.82, 2.24) is 10.2 Å². The highest BCUT2D eigenvalue weighted by molar-refractivity contribution is 7.92. The van der Waals surface area contributed by atoms with Crippen LogP contribution in [0.2, 0.25) is 5.02 Å². The Morgan fingerprint density at radius 1 is 0.902 bits per heavy atom. The third-order valence-electron chi connectivity index (χ3n) is 7.50. The Bertz CT molecular complexity index is 1420. The topological polar surface area (TPSA) is 86.8 Å². The van der Waals surface area contributed by atoms with Crippen LogP contribution in [0.5, 0.6) is 0 Å². The lowest BCUT2D eigenvalue weighted by atomic mass is 9.94. The lowest BCUT2D eigenvalue weighted by molar-refractivity contribution is -0.140. The number of nitrogens with zero attached hydrogens (tertiary/aromatic N) is 2. The fourth-order valence-electron chi connectivity index (χ4n) is 5.24. The first-order chi connectivity index (χ1) is 19.6. The number of aryl methyl sites for hydroxylation is 1. The van der Waals surface area contributed by atoms with Gasteiger partial charge in [0, 0.05) is 19.0 Å². The van der Waals surface area contributed by atoms with E-state index in [1.54, 1.807) is 24.3 Å². The zero-order valence-electron chi connectivity index (χ0n) is 23.6. The number of hydrogen-bond donors (Lipinski definition) is 1. The zero-order chi connectivity index (χ0) is 29.4. The van der Waals surface area contributed by atoms with Crippen LogP contribution in [0.25, 0.3) is 0 Å². The molecular weight excluding hydrogens is 558 g/mol. The van der Waals surface area contributed by atoms with Gasteiger partial charge in [0.05, 0.1) is 17.0 Å². The van der Waals surface area contributed by atoms with E-state index in [-0.39, 0.29) is 29.2 Å². The van der Waals surface area contributed by atoms with Crippen LogP contribution in [0.1, 0.15) is 48.8 Å². The van der Waals surface area contributed by atoms with E-state index in [9.17, 15) is 18.0 Å². The molecule has 0 aliphatic heterocycles. The molecule has 1 aliphatic rings. The standard InChI is InChI=1S/C32H38ClN3O4S/c1-24-17-19-26(20-18-24)22-35(31(37)23-36(41(2,39)40)29-16-10-9-15-28(29)33)30(21-25-11-5-3-6-12-25)32(38)34-27-13-7-4-8-14-27/h3,5-6,9-12,15-20,27,30H,4,7-8,13-14,21-23H2,1-2H3,(H,34,38)/t30-/m1/s1. The molecule has 0 heterocycles. The number of carbonyl (C=O) groups is 2. The molecule has 41 heavy (non-hydrogen) atoms. The largest absolute Gasteiger partial charge is 0.352 e. The molecule has 1 saturated carbocycles. The monoisotopic (exact) mass is 595 g/mol. The average Bonchev–Trinajstić information content (AvgIpc) is 2.95. The van der Waals surface area contributed by atoms with Crippen molar-refractivity contribution in [2.24, 2.45) is 0 Å². The molecule has 0 unspecified atom stereocenters. The predicted molar refractivity (Wildman–Crippen MR) is 164 cm³/mol. The second-order valence-electron chi connectivity index (χ2n) is 10.8. The smallest absolute Gasteiger partial charge is 0.244 e. The number of para-hydroxylation sites is 1.